The summed E-state index contributed by atoms with van der Waals surface area (Å²) in [6, 6.07) is 15.7. The zero-order valence-electron chi connectivity index (χ0n) is 19.5. The highest BCUT2D eigenvalue weighted by molar-refractivity contribution is 6.34. The summed E-state index contributed by atoms with van der Waals surface area (Å²) in [7, 11) is 0. The molecule has 3 amide bonds. The smallest absolute Gasteiger partial charge is 0.257 e. The Labute approximate surface area is 208 Å². The first-order valence-electron chi connectivity index (χ1n) is 11.3. The molecule has 4 rings (SSSR count). The van der Waals surface area contributed by atoms with E-state index in [9.17, 15) is 14.4 Å². The average molecular weight is 492 g/mol. The van der Waals surface area contributed by atoms with Crippen molar-refractivity contribution in [1.82, 2.24) is 9.88 Å². The molecular formula is C26H26ClN5O3. The number of halogens is 1. The molecule has 1 aliphatic rings. The minimum atomic E-state index is -0.330. The standard InChI is InChI=1S/C26H26ClN5O3/c1-17-5-3-4-6-21(17)26(35)30-23-15-20(8-9-22(23)27)29-25(34)19-7-10-24(28-16-19)32-13-11-31(12-14-32)18(2)33/h3-10,15-16H,11-14H2,1-2H3,(H,29,34)(H,30,35). The van der Waals surface area contributed by atoms with Gasteiger partial charge in [0, 0.05) is 50.6 Å². The van der Waals surface area contributed by atoms with Crippen molar-refractivity contribution in [3.8, 4) is 0 Å². The van der Waals surface area contributed by atoms with Crippen LogP contribution in [0.1, 0.15) is 33.2 Å². The SMILES string of the molecule is CC(=O)N1CCN(c2ccc(C(=O)Nc3ccc(Cl)c(NC(=O)c4ccccc4C)c3)cn2)CC1. The molecule has 35 heavy (non-hydrogen) atoms. The Balaban J connectivity index is 1.40. The first-order chi connectivity index (χ1) is 16.8. The maximum Gasteiger partial charge on any atom is 0.257 e. The number of pyridine rings is 1. The third-order valence-electron chi connectivity index (χ3n) is 5.92. The Bertz CT molecular complexity index is 1250. The normalized spacial score (nSPS) is 13.3. The fourth-order valence-electron chi connectivity index (χ4n) is 3.88. The number of benzene rings is 2. The fourth-order valence-corrected chi connectivity index (χ4v) is 4.04. The third kappa shape index (κ3) is 5.78. The number of carbonyl (C=O) groups is 3. The van der Waals surface area contributed by atoms with Gasteiger partial charge in [0.15, 0.2) is 0 Å². The number of amides is 3. The molecular weight excluding hydrogens is 466 g/mol. The van der Waals surface area contributed by atoms with Gasteiger partial charge in [0.25, 0.3) is 11.8 Å². The molecule has 3 aromatic rings. The van der Waals surface area contributed by atoms with Crippen LogP contribution in [0.3, 0.4) is 0 Å². The van der Waals surface area contributed by atoms with Crippen LogP contribution in [0, 0.1) is 6.92 Å². The molecule has 1 aliphatic heterocycles. The van der Waals surface area contributed by atoms with Crippen LogP contribution in [0.5, 0.6) is 0 Å². The van der Waals surface area contributed by atoms with Crippen molar-refractivity contribution in [2.24, 2.45) is 0 Å². The molecule has 2 heterocycles. The topological polar surface area (TPSA) is 94.6 Å². The van der Waals surface area contributed by atoms with Gasteiger partial charge in [-0.25, -0.2) is 4.98 Å². The quantitative estimate of drug-likeness (QED) is 0.557. The van der Waals surface area contributed by atoms with Crippen LogP contribution in [-0.4, -0.2) is 53.8 Å². The molecule has 0 saturated carbocycles. The lowest BCUT2D eigenvalue weighted by atomic mass is 10.1. The van der Waals surface area contributed by atoms with Crippen molar-refractivity contribution < 1.29 is 14.4 Å². The minimum absolute atomic E-state index is 0.0738. The summed E-state index contributed by atoms with van der Waals surface area (Å²) in [5, 5.41) is 5.99. The van der Waals surface area contributed by atoms with Gasteiger partial charge in [-0.3, -0.25) is 14.4 Å². The van der Waals surface area contributed by atoms with Gasteiger partial charge in [0.05, 0.1) is 16.3 Å². The van der Waals surface area contributed by atoms with E-state index in [0.717, 1.165) is 11.4 Å². The average Bonchev–Trinajstić information content (AvgIpc) is 2.86. The highest BCUT2D eigenvalue weighted by Crippen LogP contribution is 2.27. The van der Waals surface area contributed by atoms with Crippen molar-refractivity contribution in [3.05, 3.63) is 82.5 Å². The van der Waals surface area contributed by atoms with E-state index in [0.29, 0.717) is 53.7 Å². The highest BCUT2D eigenvalue weighted by atomic mass is 35.5. The minimum Gasteiger partial charge on any atom is -0.353 e. The summed E-state index contributed by atoms with van der Waals surface area (Å²) in [6.07, 6.45) is 1.53. The summed E-state index contributed by atoms with van der Waals surface area (Å²) in [5.41, 5.74) is 2.69. The molecule has 1 fully saturated rings. The van der Waals surface area contributed by atoms with Crippen LogP contribution in [0.25, 0.3) is 0 Å². The second-order valence-electron chi connectivity index (χ2n) is 8.32. The molecule has 8 nitrogen and oxygen atoms in total. The molecule has 180 valence electrons. The Kier molecular flexibility index (Phi) is 7.31. The molecule has 1 saturated heterocycles. The van der Waals surface area contributed by atoms with E-state index in [4.69, 9.17) is 11.6 Å². The van der Waals surface area contributed by atoms with Crippen LogP contribution in [0.4, 0.5) is 17.2 Å². The van der Waals surface area contributed by atoms with E-state index in [-0.39, 0.29) is 17.7 Å². The number of hydrogen-bond acceptors (Lipinski definition) is 5. The van der Waals surface area contributed by atoms with E-state index in [1.54, 1.807) is 49.4 Å². The van der Waals surface area contributed by atoms with Crippen molar-refractivity contribution in [3.63, 3.8) is 0 Å². The number of rotatable bonds is 5. The van der Waals surface area contributed by atoms with Gasteiger partial charge >= 0.3 is 0 Å². The van der Waals surface area contributed by atoms with E-state index in [1.807, 2.05) is 24.0 Å². The van der Waals surface area contributed by atoms with Crippen molar-refractivity contribution in [1.29, 1.82) is 0 Å². The van der Waals surface area contributed by atoms with E-state index >= 15 is 0 Å². The lowest BCUT2D eigenvalue weighted by Crippen LogP contribution is -2.48. The van der Waals surface area contributed by atoms with Crippen LogP contribution in [-0.2, 0) is 4.79 Å². The lowest BCUT2D eigenvalue weighted by molar-refractivity contribution is -0.129. The van der Waals surface area contributed by atoms with Gasteiger partial charge in [-0.2, -0.15) is 0 Å². The first-order valence-corrected chi connectivity index (χ1v) is 11.6. The summed E-state index contributed by atoms with van der Waals surface area (Å²) in [6.45, 7) is 6.12. The predicted molar refractivity (Wildman–Crippen MR) is 137 cm³/mol. The second kappa shape index (κ2) is 10.6. The van der Waals surface area contributed by atoms with Gasteiger partial charge in [-0.15, -0.1) is 0 Å². The van der Waals surface area contributed by atoms with Crippen LogP contribution in [0.15, 0.2) is 60.8 Å². The number of anilines is 3. The van der Waals surface area contributed by atoms with Crippen molar-refractivity contribution in [2.75, 3.05) is 41.7 Å². The zero-order valence-corrected chi connectivity index (χ0v) is 20.3. The molecule has 0 aliphatic carbocycles. The summed E-state index contributed by atoms with van der Waals surface area (Å²) in [5.74, 6) is 0.225. The predicted octanol–water partition coefficient (Wildman–Crippen LogP) is 4.22. The van der Waals surface area contributed by atoms with Gasteiger partial charge in [-0.1, -0.05) is 29.8 Å². The summed E-state index contributed by atoms with van der Waals surface area (Å²) >= 11 is 6.27. The highest BCUT2D eigenvalue weighted by Gasteiger charge is 2.20. The second-order valence-corrected chi connectivity index (χ2v) is 8.72. The van der Waals surface area contributed by atoms with E-state index in [1.165, 1.54) is 6.20 Å². The van der Waals surface area contributed by atoms with E-state index in [2.05, 4.69) is 20.5 Å². The molecule has 0 unspecified atom stereocenters. The van der Waals surface area contributed by atoms with E-state index < -0.39 is 0 Å². The number of aromatic nitrogens is 1. The fraction of sp³-hybridized carbons (Fsp3) is 0.231. The number of carbonyl (C=O) groups excluding carboxylic acids is 3. The van der Waals surface area contributed by atoms with Gasteiger partial charge in [-0.05, 0) is 48.9 Å². The van der Waals surface area contributed by atoms with Gasteiger partial charge in [0.2, 0.25) is 5.91 Å². The Morgan fingerprint density at radius 3 is 2.31 bits per heavy atom. The Morgan fingerprint density at radius 2 is 1.66 bits per heavy atom. The largest absolute Gasteiger partial charge is 0.353 e. The number of aryl methyl sites for hydroxylation is 1. The molecule has 2 aromatic carbocycles. The number of hydrogen-bond donors (Lipinski definition) is 2. The van der Waals surface area contributed by atoms with Crippen molar-refractivity contribution >= 4 is 46.5 Å². The van der Waals surface area contributed by atoms with Crippen LogP contribution < -0.4 is 15.5 Å². The van der Waals surface area contributed by atoms with Crippen LogP contribution in [0.2, 0.25) is 5.02 Å². The summed E-state index contributed by atoms with van der Waals surface area (Å²) < 4.78 is 0. The zero-order chi connectivity index (χ0) is 24.9. The lowest BCUT2D eigenvalue weighted by Gasteiger charge is -2.34. The van der Waals surface area contributed by atoms with Crippen molar-refractivity contribution in [2.45, 2.75) is 13.8 Å². The van der Waals surface area contributed by atoms with Gasteiger partial charge in [0.1, 0.15) is 5.82 Å². The summed E-state index contributed by atoms with van der Waals surface area (Å²) in [4.78, 5) is 45.3. The molecule has 0 atom stereocenters. The molecule has 0 bridgehead atoms. The van der Waals surface area contributed by atoms with Crippen LogP contribution >= 0.6 is 11.6 Å². The van der Waals surface area contributed by atoms with Gasteiger partial charge < -0.3 is 20.4 Å². The maximum atomic E-state index is 12.8. The molecule has 0 spiro atoms. The number of nitrogens with one attached hydrogen (secondary N) is 2. The number of piperazine rings is 1. The molecule has 1 aromatic heterocycles. The maximum absolute atomic E-state index is 12.8. The Hall–Kier alpha value is -3.91. The molecule has 2 N–H and O–H groups in total. The molecule has 9 heteroatoms. The molecule has 0 radical (unpaired) electrons. The number of nitrogens with zero attached hydrogens (tertiary/aromatic N) is 3. The Morgan fingerprint density at radius 1 is 0.914 bits per heavy atom. The monoisotopic (exact) mass is 491 g/mol. The first kappa shape index (κ1) is 24.2. The third-order valence-corrected chi connectivity index (χ3v) is 6.25.